The molecule has 0 aromatic rings. The Bertz CT molecular complexity index is 246. The summed E-state index contributed by atoms with van der Waals surface area (Å²) in [6, 6.07) is -0.0986. The molecule has 15 heavy (non-hydrogen) atoms. The van der Waals surface area contributed by atoms with Gasteiger partial charge in [-0.25, -0.2) is 0 Å². The van der Waals surface area contributed by atoms with Gasteiger partial charge in [0.25, 0.3) is 0 Å². The normalized spacial score (nSPS) is 26.5. The maximum atomic E-state index is 11.5. The second-order valence-electron chi connectivity index (χ2n) is 4.06. The fourth-order valence-electron chi connectivity index (χ4n) is 1.56. The summed E-state index contributed by atoms with van der Waals surface area (Å²) in [6.07, 6.45) is 4.70. The molecule has 3 atom stereocenters. The van der Waals surface area contributed by atoms with Gasteiger partial charge in [0.15, 0.2) is 0 Å². The van der Waals surface area contributed by atoms with Crippen molar-refractivity contribution in [3.63, 3.8) is 0 Å². The number of hydrogen-bond donors (Lipinski definition) is 2. The quantitative estimate of drug-likeness (QED) is 0.718. The molecule has 1 aliphatic heterocycles. The highest BCUT2D eigenvalue weighted by Gasteiger charge is 2.20. The Hall–Kier alpha value is -0.420. The van der Waals surface area contributed by atoms with Gasteiger partial charge < -0.3 is 10.6 Å². The van der Waals surface area contributed by atoms with Gasteiger partial charge in [0.1, 0.15) is 0 Å². The van der Waals surface area contributed by atoms with Crippen LogP contribution in [0.1, 0.15) is 26.2 Å². The summed E-state index contributed by atoms with van der Waals surface area (Å²) >= 11 is 0. The zero-order valence-corrected chi connectivity index (χ0v) is 10.2. The first-order chi connectivity index (χ1) is 7.11. The van der Waals surface area contributed by atoms with Crippen LogP contribution in [0.15, 0.2) is 0 Å². The zero-order chi connectivity index (χ0) is 11.3. The van der Waals surface area contributed by atoms with Crippen molar-refractivity contribution >= 4 is 16.7 Å². The molecule has 1 amide bonds. The van der Waals surface area contributed by atoms with Gasteiger partial charge in [-0.1, -0.05) is 0 Å². The number of carbonyl (C=O) groups excluding carboxylic acids is 1. The number of amides is 1. The molecule has 0 bridgehead atoms. The molecule has 5 heteroatoms. The molecule has 1 heterocycles. The Balaban J connectivity index is 2.35. The van der Waals surface area contributed by atoms with Crippen LogP contribution in [-0.2, 0) is 15.6 Å². The molecular formula is C10H20N2O2S. The first-order valence-electron chi connectivity index (χ1n) is 5.44. The van der Waals surface area contributed by atoms with Gasteiger partial charge in [0.05, 0.1) is 6.04 Å². The van der Waals surface area contributed by atoms with Gasteiger partial charge in [-0.2, -0.15) is 0 Å². The van der Waals surface area contributed by atoms with Crippen LogP contribution in [0.2, 0.25) is 0 Å². The predicted octanol–water partition coefficient (Wildman–Crippen LogP) is 0.0117. The third kappa shape index (κ3) is 4.30. The lowest BCUT2D eigenvalue weighted by Crippen LogP contribution is -2.45. The van der Waals surface area contributed by atoms with E-state index in [0.29, 0.717) is 6.54 Å². The van der Waals surface area contributed by atoms with Crippen molar-refractivity contribution in [1.82, 2.24) is 10.6 Å². The van der Waals surface area contributed by atoms with E-state index in [2.05, 4.69) is 10.6 Å². The molecule has 0 radical (unpaired) electrons. The van der Waals surface area contributed by atoms with Gasteiger partial charge in [-0.05, 0) is 26.2 Å². The Morgan fingerprint density at radius 1 is 1.60 bits per heavy atom. The molecule has 0 aliphatic carbocycles. The maximum Gasteiger partial charge on any atom is 0.237 e. The molecule has 1 saturated heterocycles. The largest absolute Gasteiger partial charge is 0.355 e. The van der Waals surface area contributed by atoms with Crippen molar-refractivity contribution in [2.24, 2.45) is 0 Å². The Morgan fingerprint density at radius 3 is 3.00 bits per heavy atom. The van der Waals surface area contributed by atoms with Crippen LogP contribution in [0.4, 0.5) is 0 Å². The van der Waals surface area contributed by atoms with Crippen LogP contribution < -0.4 is 10.6 Å². The molecule has 0 aromatic heterocycles. The molecule has 2 N–H and O–H groups in total. The smallest absolute Gasteiger partial charge is 0.237 e. The van der Waals surface area contributed by atoms with Gasteiger partial charge in [0, 0.05) is 35.4 Å². The maximum absolute atomic E-state index is 11.5. The van der Waals surface area contributed by atoms with Crippen molar-refractivity contribution in [2.75, 3.05) is 19.3 Å². The van der Waals surface area contributed by atoms with Crippen molar-refractivity contribution < 1.29 is 9.00 Å². The molecule has 4 nitrogen and oxygen atoms in total. The summed E-state index contributed by atoms with van der Waals surface area (Å²) < 4.78 is 11.1. The Morgan fingerprint density at radius 2 is 2.33 bits per heavy atom. The zero-order valence-electron chi connectivity index (χ0n) is 9.41. The fraction of sp³-hybridized carbons (Fsp3) is 0.900. The predicted molar refractivity (Wildman–Crippen MR) is 62.2 cm³/mol. The Labute approximate surface area is 93.7 Å². The van der Waals surface area contributed by atoms with E-state index < -0.39 is 10.8 Å². The number of rotatable bonds is 4. The van der Waals surface area contributed by atoms with E-state index in [1.807, 2.05) is 6.92 Å². The van der Waals surface area contributed by atoms with Crippen LogP contribution in [0, 0.1) is 0 Å². The van der Waals surface area contributed by atoms with Gasteiger partial charge >= 0.3 is 0 Å². The molecule has 3 unspecified atom stereocenters. The number of carbonyl (C=O) groups is 1. The lowest BCUT2D eigenvalue weighted by atomic mass is 10.1. The van der Waals surface area contributed by atoms with Crippen LogP contribution in [0.5, 0.6) is 0 Å². The highest BCUT2D eigenvalue weighted by molar-refractivity contribution is 7.84. The molecule has 0 spiro atoms. The third-order valence-electron chi connectivity index (χ3n) is 2.75. The van der Waals surface area contributed by atoms with Crippen LogP contribution in [0.3, 0.4) is 0 Å². The lowest BCUT2D eigenvalue weighted by molar-refractivity contribution is -0.122. The number of hydrogen-bond acceptors (Lipinski definition) is 3. The minimum atomic E-state index is -0.824. The van der Waals surface area contributed by atoms with E-state index in [1.165, 1.54) is 0 Å². The first-order valence-corrected chi connectivity index (χ1v) is 7.06. The van der Waals surface area contributed by atoms with Crippen molar-refractivity contribution in [3.8, 4) is 0 Å². The second kappa shape index (κ2) is 6.23. The SMILES string of the molecule is CC(CNC1CCCCNC1=O)S(C)=O. The molecule has 1 fully saturated rings. The fourth-order valence-corrected chi connectivity index (χ4v) is 1.89. The summed E-state index contributed by atoms with van der Waals surface area (Å²) in [6.45, 7) is 3.35. The standard InChI is InChI=1S/C10H20N2O2S/c1-8(15(2)14)7-12-9-5-3-4-6-11-10(9)13/h8-9,12H,3-7H2,1-2H3,(H,11,13). The van der Waals surface area contributed by atoms with Crippen LogP contribution in [-0.4, -0.2) is 40.8 Å². The van der Waals surface area contributed by atoms with E-state index in [1.54, 1.807) is 6.26 Å². The third-order valence-corrected chi connectivity index (χ3v) is 4.05. The summed E-state index contributed by atoms with van der Waals surface area (Å²) in [4.78, 5) is 11.5. The van der Waals surface area contributed by atoms with Crippen molar-refractivity contribution in [1.29, 1.82) is 0 Å². The van der Waals surface area contributed by atoms with E-state index >= 15 is 0 Å². The minimum Gasteiger partial charge on any atom is -0.355 e. The summed E-state index contributed by atoms with van der Waals surface area (Å²) in [5.41, 5.74) is 0. The average Bonchev–Trinajstić information content (AvgIpc) is 2.39. The average molecular weight is 232 g/mol. The van der Waals surface area contributed by atoms with E-state index in [0.717, 1.165) is 25.8 Å². The molecule has 1 aliphatic rings. The summed E-state index contributed by atoms with van der Waals surface area (Å²) in [5, 5.41) is 6.16. The van der Waals surface area contributed by atoms with E-state index in [4.69, 9.17) is 0 Å². The minimum absolute atomic E-state index is 0.0848. The van der Waals surface area contributed by atoms with Gasteiger partial charge in [-0.15, -0.1) is 0 Å². The Kier molecular flexibility index (Phi) is 5.25. The molecular weight excluding hydrogens is 212 g/mol. The topological polar surface area (TPSA) is 58.2 Å². The summed E-state index contributed by atoms with van der Waals surface area (Å²) in [5.74, 6) is 0.0848. The van der Waals surface area contributed by atoms with Crippen LogP contribution >= 0.6 is 0 Å². The molecule has 0 saturated carbocycles. The summed E-state index contributed by atoms with van der Waals surface area (Å²) in [7, 11) is -0.824. The van der Waals surface area contributed by atoms with Gasteiger partial charge in [0.2, 0.25) is 5.91 Å². The van der Waals surface area contributed by atoms with Crippen molar-refractivity contribution in [2.45, 2.75) is 37.5 Å². The van der Waals surface area contributed by atoms with E-state index in [9.17, 15) is 9.00 Å². The lowest BCUT2D eigenvalue weighted by Gasteiger charge is -2.17. The van der Waals surface area contributed by atoms with Crippen LogP contribution in [0.25, 0.3) is 0 Å². The highest BCUT2D eigenvalue weighted by atomic mass is 32.2. The second-order valence-corrected chi connectivity index (χ2v) is 5.86. The number of nitrogens with one attached hydrogen (secondary N) is 2. The molecule has 88 valence electrons. The monoisotopic (exact) mass is 232 g/mol. The first kappa shape index (κ1) is 12.6. The molecule has 1 rings (SSSR count). The highest BCUT2D eigenvalue weighted by Crippen LogP contribution is 2.05. The van der Waals surface area contributed by atoms with Gasteiger partial charge in [-0.3, -0.25) is 9.00 Å². The molecule has 0 aromatic carbocycles. The van der Waals surface area contributed by atoms with E-state index in [-0.39, 0.29) is 17.2 Å². The van der Waals surface area contributed by atoms with Crippen molar-refractivity contribution in [3.05, 3.63) is 0 Å².